The summed E-state index contributed by atoms with van der Waals surface area (Å²) in [5.41, 5.74) is 6.78. The molecular formula is C15H25ClN2O2S. The summed E-state index contributed by atoms with van der Waals surface area (Å²) in [5, 5.41) is 0. The van der Waals surface area contributed by atoms with Gasteiger partial charge in [0.15, 0.2) is 0 Å². The molecule has 0 bridgehead atoms. The van der Waals surface area contributed by atoms with E-state index >= 15 is 0 Å². The Morgan fingerprint density at radius 1 is 1.19 bits per heavy atom. The highest BCUT2D eigenvalue weighted by Crippen LogP contribution is 2.27. The highest BCUT2D eigenvalue weighted by molar-refractivity contribution is 7.89. The molecule has 1 aliphatic rings. The molecule has 0 aromatic heterocycles. The molecule has 1 saturated carbocycles. The van der Waals surface area contributed by atoms with E-state index in [1.165, 1.54) is 12.8 Å². The maximum absolute atomic E-state index is 12.2. The number of rotatable bonds is 7. The van der Waals surface area contributed by atoms with Crippen LogP contribution >= 0.6 is 12.4 Å². The summed E-state index contributed by atoms with van der Waals surface area (Å²) in [6, 6.07) is 9.59. The molecule has 0 radical (unpaired) electrons. The number of sulfonamides is 1. The number of benzene rings is 1. The molecule has 1 unspecified atom stereocenters. The Kier molecular flexibility index (Phi) is 7.66. The molecule has 0 spiro atoms. The fourth-order valence-electron chi connectivity index (χ4n) is 2.88. The van der Waals surface area contributed by atoms with Gasteiger partial charge in [0, 0.05) is 12.6 Å². The van der Waals surface area contributed by atoms with Gasteiger partial charge in [-0.3, -0.25) is 0 Å². The SMILES string of the molecule is Cl.NCC(NS(=O)(=O)CCc1ccccc1)C1CCCC1. The van der Waals surface area contributed by atoms with Crippen molar-refractivity contribution in [2.45, 2.75) is 38.1 Å². The van der Waals surface area contributed by atoms with Crippen molar-refractivity contribution in [3.8, 4) is 0 Å². The summed E-state index contributed by atoms with van der Waals surface area (Å²) >= 11 is 0. The first-order chi connectivity index (χ1) is 9.61. The molecule has 1 atom stereocenters. The zero-order chi connectivity index (χ0) is 14.4. The van der Waals surface area contributed by atoms with Crippen LogP contribution in [0.2, 0.25) is 0 Å². The van der Waals surface area contributed by atoms with Gasteiger partial charge in [-0.2, -0.15) is 0 Å². The topological polar surface area (TPSA) is 72.2 Å². The Bertz CT molecular complexity index is 502. The van der Waals surface area contributed by atoms with E-state index in [1.54, 1.807) is 0 Å². The minimum absolute atomic E-state index is 0. The molecule has 0 aliphatic heterocycles. The van der Waals surface area contributed by atoms with Gasteiger partial charge in [0.1, 0.15) is 0 Å². The Hall–Kier alpha value is -0.620. The third-order valence-corrected chi connectivity index (χ3v) is 5.46. The van der Waals surface area contributed by atoms with E-state index in [-0.39, 0.29) is 24.2 Å². The lowest BCUT2D eigenvalue weighted by Gasteiger charge is -2.23. The summed E-state index contributed by atoms with van der Waals surface area (Å²) in [6.07, 6.45) is 5.09. The second kappa shape index (κ2) is 8.73. The van der Waals surface area contributed by atoms with Gasteiger partial charge in [0.05, 0.1) is 5.75 Å². The van der Waals surface area contributed by atoms with Gasteiger partial charge in [0.2, 0.25) is 10.0 Å². The second-order valence-electron chi connectivity index (χ2n) is 5.56. The van der Waals surface area contributed by atoms with Crippen LogP contribution in [0.3, 0.4) is 0 Å². The van der Waals surface area contributed by atoms with Gasteiger partial charge in [-0.15, -0.1) is 12.4 Å². The van der Waals surface area contributed by atoms with E-state index in [9.17, 15) is 8.42 Å². The monoisotopic (exact) mass is 332 g/mol. The van der Waals surface area contributed by atoms with Crippen molar-refractivity contribution in [1.29, 1.82) is 0 Å². The minimum Gasteiger partial charge on any atom is -0.329 e. The van der Waals surface area contributed by atoms with E-state index < -0.39 is 10.0 Å². The first-order valence-electron chi connectivity index (χ1n) is 7.35. The average molecular weight is 333 g/mol. The van der Waals surface area contributed by atoms with Crippen LogP contribution in [0.4, 0.5) is 0 Å². The summed E-state index contributed by atoms with van der Waals surface area (Å²) in [4.78, 5) is 0. The van der Waals surface area contributed by atoms with Gasteiger partial charge in [-0.05, 0) is 30.7 Å². The third-order valence-electron chi connectivity index (χ3n) is 4.06. The summed E-state index contributed by atoms with van der Waals surface area (Å²) in [6.45, 7) is 0.384. The van der Waals surface area contributed by atoms with Crippen LogP contribution < -0.4 is 10.5 Å². The van der Waals surface area contributed by atoms with Crippen LogP contribution in [0.15, 0.2) is 30.3 Å². The molecule has 1 aromatic rings. The van der Waals surface area contributed by atoms with Crippen molar-refractivity contribution in [3.05, 3.63) is 35.9 Å². The molecule has 21 heavy (non-hydrogen) atoms. The van der Waals surface area contributed by atoms with E-state index in [4.69, 9.17) is 5.73 Å². The van der Waals surface area contributed by atoms with Crippen LogP contribution in [-0.2, 0) is 16.4 Å². The summed E-state index contributed by atoms with van der Waals surface area (Å²) in [5.74, 6) is 0.534. The van der Waals surface area contributed by atoms with Crippen LogP contribution in [0, 0.1) is 5.92 Å². The normalized spacial score (nSPS) is 17.4. The van der Waals surface area contributed by atoms with E-state index in [0.29, 0.717) is 18.9 Å². The number of halogens is 1. The van der Waals surface area contributed by atoms with Crippen molar-refractivity contribution in [1.82, 2.24) is 4.72 Å². The first-order valence-corrected chi connectivity index (χ1v) is 9.00. The predicted octanol–water partition coefficient (Wildman–Crippen LogP) is 2.09. The molecule has 0 amide bonds. The molecular weight excluding hydrogens is 308 g/mol. The number of aryl methyl sites for hydroxylation is 1. The van der Waals surface area contributed by atoms with Crippen molar-refractivity contribution >= 4 is 22.4 Å². The predicted molar refractivity (Wildman–Crippen MR) is 89.1 cm³/mol. The molecule has 1 aliphatic carbocycles. The molecule has 3 N–H and O–H groups in total. The number of nitrogens with two attached hydrogens (primary N) is 1. The third kappa shape index (κ3) is 5.94. The van der Waals surface area contributed by atoms with Crippen LogP contribution in [0.5, 0.6) is 0 Å². The van der Waals surface area contributed by atoms with Gasteiger partial charge in [-0.25, -0.2) is 13.1 Å². The first kappa shape index (κ1) is 18.4. The average Bonchev–Trinajstić information content (AvgIpc) is 2.98. The highest BCUT2D eigenvalue weighted by atomic mass is 35.5. The van der Waals surface area contributed by atoms with E-state index in [1.807, 2.05) is 30.3 Å². The zero-order valence-corrected chi connectivity index (χ0v) is 13.8. The van der Waals surface area contributed by atoms with Gasteiger partial charge in [0.25, 0.3) is 0 Å². The summed E-state index contributed by atoms with van der Waals surface area (Å²) in [7, 11) is -3.26. The molecule has 0 heterocycles. The van der Waals surface area contributed by atoms with Gasteiger partial charge < -0.3 is 5.73 Å². The van der Waals surface area contributed by atoms with Crippen molar-refractivity contribution in [3.63, 3.8) is 0 Å². The number of hydrogen-bond acceptors (Lipinski definition) is 3. The Morgan fingerprint density at radius 2 is 1.81 bits per heavy atom. The Morgan fingerprint density at radius 3 is 2.38 bits per heavy atom. The highest BCUT2D eigenvalue weighted by Gasteiger charge is 2.27. The number of nitrogens with one attached hydrogen (secondary N) is 1. The van der Waals surface area contributed by atoms with E-state index in [0.717, 1.165) is 18.4 Å². The summed E-state index contributed by atoms with van der Waals surface area (Å²) < 4.78 is 27.1. The molecule has 2 rings (SSSR count). The minimum atomic E-state index is -3.26. The largest absolute Gasteiger partial charge is 0.329 e. The van der Waals surface area contributed by atoms with Crippen molar-refractivity contribution in [2.24, 2.45) is 11.7 Å². The molecule has 1 fully saturated rings. The van der Waals surface area contributed by atoms with Crippen LogP contribution in [0.25, 0.3) is 0 Å². The Labute approximate surface area is 134 Å². The fourth-order valence-corrected chi connectivity index (χ4v) is 4.26. The second-order valence-corrected chi connectivity index (χ2v) is 7.43. The molecule has 4 nitrogen and oxygen atoms in total. The molecule has 0 saturated heterocycles. The fraction of sp³-hybridized carbons (Fsp3) is 0.600. The lowest BCUT2D eigenvalue weighted by Crippen LogP contribution is -2.45. The van der Waals surface area contributed by atoms with Crippen LogP contribution in [0.1, 0.15) is 31.2 Å². The van der Waals surface area contributed by atoms with Gasteiger partial charge in [-0.1, -0.05) is 43.2 Å². The quantitative estimate of drug-likeness (QED) is 0.803. The van der Waals surface area contributed by atoms with Crippen molar-refractivity contribution < 1.29 is 8.42 Å². The molecule has 6 heteroatoms. The lowest BCUT2D eigenvalue weighted by molar-refractivity contribution is 0.405. The van der Waals surface area contributed by atoms with Crippen LogP contribution in [-0.4, -0.2) is 26.8 Å². The smallest absolute Gasteiger partial charge is 0.212 e. The van der Waals surface area contributed by atoms with E-state index in [2.05, 4.69) is 4.72 Å². The van der Waals surface area contributed by atoms with Gasteiger partial charge >= 0.3 is 0 Å². The lowest BCUT2D eigenvalue weighted by atomic mass is 9.99. The molecule has 1 aromatic carbocycles. The van der Waals surface area contributed by atoms with Crippen molar-refractivity contribution in [2.75, 3.05) is 12.3 Å². The number of hydrogen-bond donors (Lipinski definition) is 2. The maximum Gasteiger partial charge on any atom is 0.212 e. The Balaban J connectivity index is 0.00000220. The molecule has 120 valence electrons. The maximum atomic E-state index is 12.2. The standard InChI is InChI=1S/C15H24N2O2S.ClH/c16-12-15(14-8-4-5-9-14)17-20(18,19)11-10-13-6-2-1-3-7-13;/h1-3,6-7,14-15,17H,4-5,8-12,16H2;1H. The zero-order valence-electron chi connectivity index (χ0n) is 12.2.